The van der Waals surface area contributed by atoms with Crippen molar-refractivity contribution in [2.75, 3.05) is 5.32 Å². The lowest BCUT2D eigenvalue weighted by Gasteiger charge is -2.14. The maximum Gasteiger partial charge on any atom is 0.347 e. The number of carboxylic acid groups (broad SMARTS) is 1. The summed E-state index contributed by atoms with van der Waals surface area (Å²) < 4.78 is 25.0. The Morgan fingerprint density at radius 2 is 2.00 bits per heavy atom. The van der Waals surface area contributed by atoms with E-state index in [1.807, 2.05) is 13.8 Å². The Kier molecular flexibility index (Phi) is 6.63. The zero-order valence-corrected chi connectivity index (χ0v) is 17.0. The van der Waals surface area contributed by atoms with Crippen molar-refractivity contribution in [1.29, 1.82) is 0 Å². The molecular weight excluding hydrogens is 411 g/mol. The van der Waals surface area contributed by atoms with Gasteiger partial charge < -0.3 is 14.6 Å². The van der Waals surface area contributed by atoms with Gasteiger partial charge in [-0.3, -0.25) is 10.1 Å². The van der Waals surface area contributed by atoms with E-state index in [-0.39, 0.29) is 34.0 Å². The van der Waals surface area contributed by atoms with Crippen molar-refractivity contribution < 1.29 is 28.6 Å². The Balaban J connectivity index is 1.81. The SMILES string of the molecule is CC(C)Oc1cc(COc2ccccc2F)cc(C(=O)Nc2ncc(C(=O)O)s2)c1. The number of halogens is 1. The van der Waals surface area contributed by atoms with Crippen LogP contribution in [-0.4, -0.2) is 28.1 Å². The summed E-state index contributed by atoms with van der Waals surface area (Å²) in [7, 11) is 0. The molecule has 9 heteroatoms. The minimum atomic E-state index is -1.12. The Morgan fingerprint density at radius 1 is 1.23 bits per heavy atom. The number of amides is 1. The van der Waals surface area contributed by atoms with Crippen molar-refractivity contribution in [3.8, 4) is 11.5 Å². The van der Waals surface area contributed by atoms with Crippen LogP contribution in [-0.2, 0) is 6.61 Å². The first kappa shape index (κ1) is 21.3. The molecule has 0 aliphatic carbocycles. The minimum absolute atomic E-state index is 0.0150. The number of aromatic carboxylic acids is 1. The van der Waals surface area contributed by atoms with Crippen LogP contribution in [0.1, 0.15) is 39.4 Å². The summed E-state index contributed by atoms with van der Waals surface area (Å²) >= 11 is 0.852. The van der Waals surface area contributed by atoms with E-state index >= 15 is 0 Å². The van der Waals surface area contributed by atoms with E-state index in [9.17, 15) is 14.0 Å². The number of anilines is 1. The number of hydrogen-bond acceptors (Lipinski definition) is 6. The predicted octanol–water partition coefficient (Wildman–Crippen LogP) is 4.60. The van der Waals surface area contributed by atoms with Gasteiger partial charge in [0.2, 0.25) is 0 Å². The smallest absolute Gasteiger partial charge is 0.347 e. The van der Waals surface area contributed by atoms with E-state index < -0.39 is 17.7 Å². The van der Waals surface area contributed by atoms with Crippen molar-refractivity contribution in [2.45, 2.75) is 26.6 Å². The summed E-state index contributed by atoms with van der Waals surface area (Å²) in [6.45, 7) is 3.73. The third-order valence-electron chi connectivity index (χ3n) is 3.77. The third kappa shape index (κ3) is 5.54. The Bertz CT molecular complexity index is 1070. The molecule has 0 fully saturated rings. The molecule has 156 valence electrons. The van der Waals surface area contributed by atoms with Crippen LogP contribution in [0, 0.1) is 5.82 Å². The van der Waals surface area contributed by atoms with Gasteiger partial charge in [0, 0.05) is 5.56 Å². The molecule has 2 aromatic carbocycles. The summed E-state index contributed by atoms with van der Waals surface area (Å²) in [6.07, 6.45) is 1.05. The van der Waals surface area contributed by atoms with Gasteiger partial charge in [0.15, 0.2) is 16.7 Å². The van der Waals surface area contributed by atoms with Crippen LogP contribution in [0.2, 0.25) is 0 Å². The standard InChI is InChI=1S/C21H19FN2O5S/c1-12(2)29-15-8-13(11-28-17-6-4-3-5-16(17)22)7-14(9-15)19(25)24-21-23-10-18(30-21)20(26)27/h3-10,12H,11H2,1-2H3,(H,26,27)(H,23,24,25). The van der Waals surface area contributed by atoms with Crippen molar-refractivity contribution in [3.63, 3.8) is 0 Å². The molecule has 1 heterocycles. The summed E-state index contributed by atoms with van der Waals surface area (Å²) in [5.74, 6) is -1.53. The van der Waals surface area contributed by atoms with Crippen LogP contribution in [0.5, 0.6) is 11.5 Å². The number of carbonyl (C=O) groups excluding carboxylic acids is 1. The van der Waals surface area contributed by atoms with Crippen LogP contribution >= 0.6 is 11.3 Å². The van der Waals surface area contributed by atoms with Gasteiger partial charge in [-0.25, -0.2) is 14.2 Å². The fourth-order valence-corrected chi connectivity index (χ4v) is 3.19. The summed E-state index contributed by atoms with van der Waals surface area (Å²) in [5.41, 5.74) is 0.874. The van der Waals surface area contributed by atoms with E-state index in [2.05, 4.69) is 10.3 Å². The molecule has 1 amide bonds. The number of carbonyl (C=O) groups is 2. The average molecular weight is 430 g/mol. The molecule has 0 radical (unpaired) electrons. The molecule has 0 saturated heterocycles. The van der Waals surface area contributed by atoms with E-state index in [4.69, 9.17) is 14.6 Å². The van der Waals surface area contributed by atoms with E-state index in [1.165, 1.54) is 18.3 Å². The monoisotopic (exact) mass is 430 g/mol. The van der Waals surface area contributed by atoms with Crippen LogP contribution in [0.25, 0.3) is 0 Å². The Labute approximate surface area is 176 Å². The summed E-state index contributed by atoms with van der Waals surface area (Å²) in [6, 6.07) is 10.9. The molecule has 7 nitrogen and oxygen atoms in total. The van der Waals surface area contributed by atoms with Crippen molar-refractivity contribution in [1.82, 2.24) is 4.98 Å². The van der Waals surface area contributed by atoms with Gasteiger partial charge in [0.1, 0.15) is 17.2 Å². The zero-order chi connectivity index (χ0) is 21.7. The lowest BCUT2D eigenvalue weighted by molar-refractivity contribution is 0.0701. The number of aromatic nitrogens is 1. The zero-order valence-electron chi connectivity index (χ0n) is 16.2. The lowest BCUT2D eigenvalue weighted by atomic mass is 10.1. The Hall–Kier alpha value is -3.46. The maximum absolute atomic E-state index is 13.8. The van der Waals surface area contributed by atoms with Gasteiger partial charge in [-0.15, -0.1) is 0 Å². The average Bonchev–Trinajstić information content (AvgIpc) is 3.15. The maximum atomic E-state index is 13.8. The van der Waals surface area contributed by atoms with Crippen molar-refractivity contribution in [3.05, 3.63) is 70.5 Å². The van der Waals surface area contributed by atoms with E-state index in [0.717, 1.165) is 11.3 Å². The first-order chi connectivity index (χ1) is 14.3. The highest BCUT2D eigenvalue weighted by molar-refractivity contribution is 7.17. The Morgan fingerprint density at radius 3 is 2.67 bits per heavy atom. The first-order valence-electron chi connectivity index (χ1n) is 9.00. The summed E-state index contributed by atoms with van der Waals surface area (Å²) in [5, 5.41) is 11.7. The van der Waals surface area contributed by atoms with Gasteiger partial charge in [0.25, 0.3) is 5.91 Å². The highest BCUT2D eigenvalue weighted by Gasteiger charge is 2.15. The molecular formula is C21H19FN2O5S. The molecule has 1 aromatic heterocycles. The highest BCUT2D eigenvalue weighted by Crippen LogP contribution is 2.24. The van der Waals surface area contributed by atoms with Gasteiger partial charge in [-0.2, -0.15) is 0 Å². The van der Waals surface area contributed by atoms with E-state index in [1.54, 1.807) is 30.3 Å². The number of nitrogens with one attached hydrogen (secondary N) is 1. The van der Waals surface area contributed by atoms with Gasteiger partial charge >= 0.3 is 5.97 Å². The topological polar surface area (TPSA) is 97.8 Å². The largest absolute Gasteiger partial charge is 0.491 e. The first-order valence-corrected chi connectivity index (χ1v) is 9.82. The number of thiazole rings is 1. The molecule has 0 atom stereocenters. The molecule has 0 spiro atoms. The second-order valence-electron chi connectivity index (χ2n) is 6.54. The third-order valence-corrected chi connectivity index (χ3v) is 4.67. The number of benzene rings is 2. The molecule has 30 heavy (non-hydrogen) atoms. The molecule has 0 unspecified atom stereocenters. The second kappa shape index (κ2) is 9.36. The molecule has 0 aliphatic rings. The van der Waals surface area contributed by atoms with Crippen LogP contribution < -0.4 is 14.8 Å². The van der Waals surface area contributed by atoms with Gasteiger partial charge in [0.05, 0.1) is 12.3 Å². The van der Waals surface area contributed by atoms with Crippen LogP contribution in [0.4, 0.5) is 9.52 Å². The highest BCUT2D eigenvalue weighted by atomic mass is 32.1. The van der Waals surface area contributed by atoms with E-state index in [0.29, 0.717) is 11.3 Å². The fourth-order valence-electron chi connectivity index (χ4n) is 2.54. The van der Waals surface area contributed by atoms with Gasteiger partial charge in [-0.05, 0) is 49.7 Å². The number of ether oxygens (including phenoxy) is 2. The number of nitrogens with zero attached hydrogens (tertiary/aromatic N) is 1. The summed E-state index contributed by atoms with van der Waals surface area (Å²) in [4.78, 5) is 27.5. The number of rotatable bonds is 8. The normalized spacial score (nSPS) is 10.7. The minimum Gasteiger partial charge on any atom is -0.491 e. The molecule has 3 aromatic rings. The quantitative estimate of drug-likeness (QED) is 0.542. The molecule has 2 N–H and O–H groups in total. The number of carboxylic acids is 1. The van der Waals surface area contributed by atoms with Crippen molar-refractivity contribution in [2.24, 2.45) is 0 Å². The molecule has 3 rings (SSSR count). The van der Waals surface area contributed by atoms with Gasteiger partial charge in [-0.1, -0.05) is 23.5 Å². The molecule has 0 aliphatic heterocycles. The predicted molar refractivity (Wildman–Crippen MR) is 110 cm³/mol. The van der Waals surface area contributed by atoms with Crippen molar-refractivity contribution >= 4 is 28.3 Å². The van der Waals surface area contributed by atoms with Crippen LogP contribution in [0.15, 0.2) is 48.7 Å². The number of hydrogen-bond donors (Lipinski definition) is 2. The number of para-hydroxylation sites is 1. The fraction of sp³-hybridized carbons (Fsp3) is 0.190. The second-order valence-corrected chi connectivity index (χ2v) is 7.57. The van der Waals surface area contributed by atoms with Crippen LogP contribution in [0.3, 0.4) is 0 Å². The molecule has 0 bridgehead atoms. The molecule has 0 saturated carbocycles. The lowest BCUT2D eigenvalue weighted by Crippen LogP contribution is -2.14.